The van der Waals surface area contributed by atoms with Gasteiger partial charge in [0.1, 0.15) is 0 Å². The summed E-state index contributed by atoms with van der Waals surface area (Å²) in [5, 5.41) is 3.21. The van der Waals surface area contributed by atoms with Crippen LogP contribution in [0.15, 0.2) is 24.3 Å². The summed E-state index contributed by atoms with van der Waals surface area (Å²) in [5.74, 6) is 0.104. The Labute approximate surface area is 186 Å². The molecule has 0 radical (unpaired) electrons. The van der Waals surface area contributed by atoms with E-state index >= 15 is 0 Å². The number of rotatable bonds is 7. The second-order valence-electron chi connectivity index (χ2n) is 10.1. The molecule has 0 bridgehead atoms. The summed E-state index contributed by atoms with van der Waals surface area (Å²) in [5.41, 5.74) is 1.55. The van der Waals surface area contributed by atoms with Gasteiger partial charge >= 0.3 is 0 Å². The molecular formula is C25H37N3O3. The number of carbonyl (C=O) groups excluding carboxylic acids is 2. The Kier molecular flexibility index (Phi) is 6.68. The highest BCUT2D eigenvalue weighted by Gasteiger charge is 2.43. The highest BCUT2D eigenvalue weighted by molar-refractivity contribution is 6.07. The fraction of sp³-hybridized carbons (Fsp3) is 0.680. The molecule has 31 heavy (non-hydrogen) atoms. The number of para-hydroxylation sites is 1. The van der Waals surface area contributed by atoms with Crippen molar-refractivity contribution in [3.05, 3.63) is 29.8 Å². The first-order chi connectivity index (χ1) is 14.9. The van der Waals surface area contributed by atoms with Crippen LogP contribution in [0.5, 0.6) is 0 Å². The minimum atomic E-state index is -0.534. The summed E-state index contributed by atoms with van der Waals surface area (Å²) in [6.07, 6.45) is 6.21. The van der Waals surface area contributed by atoms with Crippen LogP contribution in [0.3, 0.4) is 0 Å². The van der Waals surface area contributed by atoms with Crippen LogP contribution in [0.1, 0.15) is 57.9 Å². The van der Waals surface area contributed by atoms with Crippen molar-refractivity contribution in [1.29, 1.82) is 0 Å². The van der Waals surface area contributed by atoms with Crippen molar-refractivity contribution in [3.8, 4) is 0 Å². The maximum Gasteiger partial charge on any atom is 0.237 e. The number of likely N-dealkylation sites (tertiary alicyclic amines) is 1. The van der Waals surface area contributed by atoms with Crippen LogP contribution in [0.2, 0.25) is 0 Å². The van der Waals surface area contributed by atoms with Crippen molar-refractivity contribution in [2.24, 2.45) is 5.41 Å². The second-order valence-corrected chi connectivity index (χ2v) is 10.1. The van der Waals surface area contributed by atoms with E-state index in [0.29, 0.717) is 19.5 Å². The second kappa shape index (κ2) is 9.29. The quantitative estimate of drug-likeness (QED) is 0.726. The average Bonchev–Trinajstić information content (AvgIpc) is 2.98. The molecule has 0 unspecified atom stereocenters. The van der Waals surface area contributed by atoms with Gasteiger partial charge < -0.3 is 19.9 Å². The zero-order valence-corrected chi connectivity index (χ0v) is 19.1. The lowest BCUT2D eigenvalue weighted by Gasteiger charge is -2.42. The number of piperidine rings is 1. The highest BCUT2D eigenvalue weighted by Crippen LogP contribution is 2.41. The van der Waals surface area contributed by atoms with Crippen molar-refractivity contribution in [2.75, 3.05) is 50.8 Å². The van der Waals surface area contributed by atoms with Crippen molar-refractivity contribution in [2.45, 2.75) is 57.8 Å². The molecule has 4 rings (SSSR count). The Hall–Kier alpha value is -1.92. The van der Waals surface area contributed by atoms with Crippen molar-refractivity contribution in [1.82, 2.24) is 10.2 Å². The van der Waals surface area contributed by atoms with Gasteiger partial charge in [-0.2, -0.15) is 0 Å². The molecule has 0 saturated carbocycles. The third-order valence-electron chi connectivity index (χ3n) is 7.43. The molecule has 3 aliphatic heterocycles. The van der Waals surface area contributed by atoms with Crippen LogP contribution in [0.25, 0.3) is 0 Å². The topological polar surface area (TPSA) is 61.9 Å². The SMILES string of the molecule is CC1(C)C(=O)N(CCC(=O)NCC2(CN3CCCCC3)CCOCC2)c2ccccc21. The first kappa shape index (κ1) is 22.3. The Morgan fingerprint density at radius 3 is 2.55 bits per heavy atom. The van der Waals surface area contributed by atoms with E-state index < -0.39 is 5.41 Å². The zero-order chi connectivity index (χ0) is 21.9. The lowest BCUT2D eigenvalue weighted by molar-refractivity contribution is -0.123. The minimum absolute atomic E-state index is 0.0273. The number of nitrogens with one attached hydrogen (secondary N) is 1. The smallest absolute Gasteiger partial charge is 0.237 e. The normalized spacial score (nSPS) is 22.9. The van der Waals surface area contributed by atoms with Gasteiger partial charge in [0.15, 0.2) is 0 Å². The lowest BCUT2D eigenvalue weighted by atomic mass is 9.79. The molecule has 1 N–H and O–H groups in total. The molecule has 1 aromatic rings. The van der Waals surface area contributed by atoms with Gasteiger partial charge in [0.05, 0.1) is 5.41 Å². The summed E-state index contributed by atoms with van der Waals surface area (Å²) in [6.45, 7) is 9.98. The fourth-order valence-corrected chi connectivity index (χ4v) is 5.40. The Morgan fingerprint density at radius 1 is 1.10 bits per heavy atom. The van der Waals surface area contributed by atoms with Crippen LogP contribution in [-0.2, 0) is 19.7 Å². The molecule has 0 aromatic heterocycles. The first-order valence-corrected chi connectivity index (χ1v) is 11.9. The van der Waals surface area contributed by atoms with E-state index in [-0.39, 0.29) is 17.2 Å². The number of anilines is 1. The highest BCUT2D eigenvalue weighted by atomic mass is 16.5. The van der Waals surface area contributed by atoms with Crippen molar-refractivity contribution in [3.63, 3.8) is 0 Å². The van der Waals surface area contributed by atoms with Gasteiger partial charge in [-0.25, -0.2) is 0 Å². The third-order valence-corrected chi connectivity index (χ3v) is 7.43. The van der Waals surface area contributed by atoms with Gasteiger partial charge in [-0.05, 0) is 64.3 Å². The van der Waals surface area contributed by atoms with E-state index in [1.165, 1.54) is 32.4 Å². The molecule has 170 valence electrons. The maximum absolute atomic E-state index is 12.9. The van der Waals surface area contributed by atoms with E-state index in [9.17, 15) is 9.59 Å². The van der Waals surface area contributed by atoms with Gasteiger partial charge in [-0.15, -0.1) is 0 Å². The Morgan fingerprint density at radius 2 is 1.81 bits per heavy atom. The Bertz CT molecular complexity index is 795. The van der Waals surface area contributed by atoms with E-state index in [0.717, 1.165) is 43.9 Å². The molecule has 2 amide bonds. The average molecular weight is 428 g/mol. The summed E-state index contributed by atoms with van der Waals surface area (Å²) in [7, 11) is 0. The van der Waals surface area contributed by atoms with Gasteiger partial charge in [0, 0.05) is 50.4 Å². The number of ether oxygens (including phenoxy) is 1. The molecular weight excluding hydrogens is 390 g/mol. The van der Waals surface area contributed by atoms with Gasteiger partial charge in [0.25, 0.3) is 0 Å². The van der Waals surface area contributed by atoms with Crippen LogP contribution >= 0.6 is 0 Å². The molecule has 3 heterocycles. The van der Waals surface area contributed by atoms with E-state index in [4.69, 9.17) is 4.74 Å². The monoisotopic (exact) mass is 427 g/mol. The van der Waals surface area contributed by atoms with Crippen LogP contribution < -0.4 is 10.2 Å². The Balaban J connectivity index is 1.33. The molecule has 0 atom stereocenters. The number of benzene rings is 1. The zero-order valence-electron chi connectivity index (χ0n) is 19.1. The summed E-state index contributed by atoms with van der Waals surface area (Å²) in [4.78, 5) is 30.1. The number of nitrogens with zero attached hydrogens (tertiary/aromatic N) is 2. The molecule has 6 heteroatoms. The first-order valence-electron chi connectivity index (χ1n) is 11.9. The van der Waals surface area contributed by atoms with Gasteiger partial charge in [0.2, 0.25) is 11.8 Å². The number of amides is 2. The number of hydrogen-bond acceptors (Lipinski definition) is 4. The molecule has 2 saturated heterocycles. The predicted molar refractivity (Wildman–Crippen MR) is 122 cm³/mol. The minimum Gasteiger partial charge on any atom is -0.381 e. The molecule has 2 fully saturated rings. The molecule has 0 spiro atoms. The van der Waals surface area contributed by atoms with Crippen LogP contribution in [0, 0.1) is 5.41 Å². The lowest BCUT2D eigenvalue weighted by Crippen LogP contribution is -2.49. The molecule has 1 aromatic carbocycles. The van der Waals surface area contributed by atoms with Crippen LogP contribution in [-0.4, -0.2) is 62.7 Å². The summed E-state index contributed by atoms with van der Waals surface area (Å²) >= 11 is 0. The molecule has 3 aliphatic rings. The predicted octanol–water partition coefficient (Wildman–Crippen LogP) is 3.10. The summed E-state index contributed by atoms with van der Waals surface area (Å²) in [6, 6.07) is 7.92. The largest absolute Gasteiger partial charge is 0.381 e. The van der Waals surface area contributed by atoms with E-state index in [1.807, 2.05) is 38.1 Å². The fourth-order valence-electron chi connectivity index (χ4n) is 5.40. The standard InChI is InChI=1S/C25H37N3O3/c1-24(2)20-8-4-5-9-21(20)28(23(24)30)15-10-22(29)26-18-25(11-16-31-17-12-25)19-27-13-6-3-7-14-27/h4-5,8-9H,3,6-7,10-19H2,1-2H3,(H,26,29). The number of carbonyl (C=O) groups is 2. The van der Waals surface area contributed by atoms with Gasteiger partial charge in [-0.3, -0.25) is 9.59 Å². The molecule has 0 aliphatic carbocycles. The number of hydrogen-bond donors (Lipinski definition) is 1. The van der Waals surface area contributed by atoms with Crippen LogP contribution in [0.4, 0.5) is 5.69 Å². The van der Waals surface area contributed by atoms with E-state index in [2.05, 4.69) is 10.2 Å². The maximum atomic E-state index is 12.9. The van der Waals surface area contributed by atoms with E-state index in [1.54, 1.807) is 4.90 Å². The summed E-state index contributed by atoms with van der Waals surface area (Å²) < 4.78 is 5.62. The van der Waals surface area contributed by atoms with Gasteiger partial charge in [-0.1, -0.05) is 24.6 Å². The van der Waals surface area contributed by atoms with Crippen molar-refractivity contribution < 1.29 is 14.3 Å². The number of fused-ring (bicyclic) bond motifs is 1. The van der Waals surface area contributed by atoms with Crippen molar-refractivity contribution >= 4 is 17.5 Å². The molecule has 6 nitrogen and oxygen atoms in total. The third kappa shape index (κ3) is 4.80.